The minimum atomic E-state index is -3.68. The Bertz CT molecular complexity index is 651. The molecule has 2 aromatic rings. The van der Waals surface area contributed by atoms with Crippen LogP contribution in [-0.4, -0.2) is 26.7 Å². The van der Waals surface area contributed by atoms with E-state index in [0.29, 0.717) is 0 Å². The molecule has 0 spiro atoms. The van der Waals surface area contributed by atoms with Crippen LogP contribution in [0.2, 0.25) is 0 Å². The van der Waals surface area contributed by atoms with Crippen LogP contribution < -0.4 is 10.8 Å². The largest absolute Gasteiger partial charge is 0.368 e. The molecular formula is C11H14N3O3PS. The van der Waals surface area contributed by atoms with Gasteiger partial charge in [0.2, 0.25) is 5.91 Å². The lowest BCUT2D eigenvalue weighted by Gasteiger charge is -2.18. The van der Waals surface area contributed by atoms with Gasteiger partial charge in [-0.15, -0.1) is 0 Å². The van der Waals surface area contributed by atoms with Crippen LogP contribution in [0.5, 0.6) is 0 Å². The number of nitrogens with one attached hydrogen (secondary N) is 2. The Morgan fingerprint density at radius 1 is 1.47 bits per heavy atom. The first-order valence-corrected chi connectivity index (χ1v) is 8.25. The van der Waals surface area contributed by atoms with Crippen molar-refractivity contribution in [3.05, 3.63) is 36.0 Å². The second-order valence-electron chi connectivity index (χ2n) is 4.19. The monoisotopic (exact) mass is 299 g/mol. The molecule has 1 aromatic heterocycles. The van der Waals surface area contributed by atoms with Crippen LogP contribution in [-0.2, 0) is 23.0 Å². The number of para-hydroxylation sites is 1. The second-order valence-corrected chi connectivity index (χ2v) is 7.07. The number of hydrogen-bond donors (Lipinski definition) is 5. The summed E-state index contributed by atoms with van der Waals surface area (Å²) >= 11 is 4.47. The number of primary amides is 1. The molecule has 0 aliphatic carbocycles. The molecule has 0 saturated heterocycles. The summed E-state index contributed by atoms with van der Waals surface area (Å²) in [6.45, 7) is -3.68. The summed E-state index contributed by atoms with van der Waals surface area (Å²) in [6, 6.07) is 6.68. The van der Waals surface area contributed by atoms with Crippen molar-refractivity contribution in [2.24, 2.45) is 5.73 Å². The van der Waals surface area contributed by atoms with Crippen molar-refractivity contribution in [3.8, 4) is 0 Å². The third-order valence-electron chi connectivity index (χ3n) is 2.77. The first-order chi connectivity index (χ1) is 8.87. The molecule has 0 aliphatic heterocycles. The number of amides is 1. The fourth-order valence-corrected chi connectivity index (χ4v) is 2.94. The molecule has 1 atom stereocenters. The van der Waals surface area contributed by atoms with Gasteiger partial charge in [0.1, 0.15) is 0 Å². The van der Waals surface area contributed by atoms with E-state index >= 15 is 0 Å². The standard InChI is InChI=1S/C11H14N3O3PS/c12-11(15)10(14-18(16,17)19)5-7-6-13-9-4-2-1-3-8(7)9/h1-4,6,10,13H,5H2,(H2,12,15)(H3,14,16,17,19)/t10-/m0/s1. The summed E-state index contributed by atoms with van der Waals surface area (Å²) in [6.07, 6.45) is 2.00. The summed E-state index contributed by atoms with van der Waals surface area (Å²) in [5.41, 5.74) is 7.04. The Kier molecular flexibility index (Phi) is 4.03. The summed E-state index contributed by atoms with van der Waals surface area (Å²) in [7, 11) is 0. The van der Waals surface area contributed by atoms with Crippen molar-refractivity contribution < 1.29 is 14.6 Å². The SMILES string of the molecule is NC(=O)[C@H](Cc1c[nH]c2ccccc12)NP(O)(O)=S. The van der Waals surface area contributed by atoms with E-state index in [1.165, 1.54) is 0 Å². The van der Waals surface area contributed by atoms with Gasteiger partial charge in [0.25, 0.3) is 6.64 Å². The minimum Gasteiger partial charge on any atom is -0.368 e. The highest BCUT2D eigenvalue weighted by molar-refractivity contribution is 8.08. The molecule has 1 heterocycles. The summed E-state index contributed by atoms with van der Waals surface area (Å²) in [5, 5.41) is 3.27. The number of rotatable bonds is 5. The van der Waals surface area contributed by atoms with Crippen LogP contribution >= 0.6 is 6.64 Å². The molecule has 6 nitrogen and oxygen atoms in total. The maximum Gasteiger partial charge on any atom is 0.256 e. The Morgan fingerprint density at radius 3 is 2.79 bits per heavy atom. The molecular weight excluding hydrogens is 285 g/mol. The van der Waals surface area contributed by atoms with Crippen LogP contribution in [0.15, 0.2) is 30.5 Å². The van der Waals surface area contributed by atoms with E-state index in [0.717, 1.165) is 16.5 Å². The summed E-state index contributed by atoms with van der Waals surface area (Å²) in [4.78, 5) is 32.9. The fraction of sp³-hybridized carbons (Fsp3) is 0.182. The van der Waals surface area contributed by atoms with Crippen LogP contribution in [0.25, 0.3) is 10.9 Å². The number of benzene rings is 1. The molecule has 0 bridgehead atoms. The highest BCUT2D eigenvalue weighted by atomic mass is 32.5. The van der Waals surface area contributed by atoms with Crippen molar-refractivity contribution in [1.82, 2.24) is 10.1 Å². The minimum absolute atomic E-state index is 0.235. The van der Waals surface area contributed by atoms with E-state index in [1.807, 2.05) is 24.3 Å². The Hall–Kier alpha value is -1.24. The van der Waals surface area contributed by atoms with Gasteiger partial charge >= 0.3 is 0 Å². The van der Waals surface area contributed by atoms with Crippen LogP contribution in [0.4, 0.5) is 0 Å². The van der Waals surface area contributed by atoms with Crippen molar-refractivity contribution in [3.63, 3.8) is 0 Å². The topological polar surface area (TPSA) is 111 Å². The quantitative estimate of drug-likeness (QED) is 0.512. The zero-order valence-electron chi connectivity index (χ0n) is 9.91. The number of aromatic amines is 1. The third-order valence-corrected chi connectivity index (χ3v) is 3.73. The molecule has 0 saturated carbocycles. The van der Waals surface area contributed by atoms with E-state index < -0.39 is 18.6 Å². The van der Waals surface area contributed by atoms with E-state index in [4.69, 9.17) is 5.73 Å². The molecule has 0 radical (unpaired) electrons. The summed E-state index contributed by atoms with van der Waals surface area (Å²) in [5.74, 6) is -0.678. The number of nitrogens with two attached hydrogens (primary N) is 1. The third kappa shape index (κ3) is 3.62. The zero-order valence-corrected chi connectivity index (χ0v) is 11.6. The fourth-order valence-electron chi connectivity index (χ4n) is 1.93. The van der Waals surface area contributed by atoms with E-state index in [2.05, 4.69) is 21.9 Å². The Labute approximate surface area is 114 Å². The second kappa shape index (κ2) is 5.40. The van der Waals surface area contributed by atoms with Crippen LogP contribution in [0, 0.1) is 0 Å². The number of carbonyl (C=O) groups excluding carboxylic acids is 1. The number of H-pyrrole nitrogens is 1. The average Bonchev–Trinajstić information content (AvgIpc) is 2.70. The molecule has 19 heavy (non-hydrogen) atoms. The lowest BCUT2D eigenvalue weighted by molar-refractivity contribution is -0.119. The van der Waals surface area contributed by atoms with Gasteiger partial charge in [-0.2, -0.15) is 0 Å². The molecule has 0 unspecified atom stereocenters. The normalized spacial score (nSPS) is 13.6. The molecule has 0 aliphatic rings. The Balaban J connectivity index is 2.26. The summed E-state index contributed by atoms with van der Waals surface area (Å²) < 4.78 is 0. The molecule has 0 fully saturated rings. The van der Waals surface area contributed by atoms with E-state index in [-0.39, 0.29) is 6.42 Å². The predicted molar refractivity (Wildman–Crippen MR) is 76.8 cm³/mol. The number of carbonyl (C=O) groups is 1. The van der Waals surface area contributed by atoms with Crippen LogP contribution in [0.1, 0.15) is 5.56 Å². The van der Waals surface area contributed by atoms with Gasteiger partial charge in [0.05, 0.1) is 6.04 Å². The highest BCUT2D eigenvalue weighted by Gasteiger charge is 2.22. The first kappa shape index (κ1) is 14.2. The van der Waals surface area contributed by atoms with Crippen molar-refractivity contribution in [1.29, 1.82) is 0 Å². The first-order valence-electron chi connectivity index (χ1n) is 5.54. The van der Waals surface area contributed by atoms with Crippen LogP contribution in [0.3, 0.4) is 0 Å². The van der Waals surface area contributed by atoms with Crippen molar-refractivity contribution in [2.75, 3.05) is 0 Å². The van der Waals surface area contributed by atoms with Gasteiger partial charge in [-0.25, -0.2) is 5.09 Å². The molecule has 2 rings (SSSR count). The number of fused-ring (bicyclic) bond motifs is 1. The molecule has 1 aromatic carbocycles. The lowest BCUT2D eigenvalue weighted by atomic mass is 10.1. The van der Waals surface area contributed by atoms with Crippen molar-refractivity contribution >= 4 is 35.3 Å². The van der Waals surface area contributed by atoms with Gasteiger partial charge < -0.3 is 20.5 Å². The molecule has 6 N–H and O–H groups in total. The smallest absolute Gasteiger partial charge is 0.256 e. The molecule has 8 heteroatoms. The van der Waals surface area contributed by atoms with E-state index in [9.17, 15) is 14.6 Å². The van der Waals surface area contributed by atoms with E-state index in [1.54, 1.807) is 6.20 Å². The maximum atomic E-state index is 11.3. The highest BCUT2D eigenvalue weighted by Crippen LogP contribution is 2.30. The van der Waals surface area contributed by atoms with Gasteiger partial charge in [0, 0.05) is 17.1 Å². The average molecular weight is 299 g/mol. The molecule has 1 amide bonds. The zero-order chi connectivity index (χ0) is 14.0. The van der Waals surface area contributed by atoms with Gasteiger partial charge in [-0.1, -0.05) is 18.2 Å². The van der Waals surface area contributed by atoms with Gasteiger partial charge in [-0.3, -0.25) is 4.79 Å². The molecule has 102 valence electrons. The maximum absolute atomic E-state index is 11.3. The number of hydrogen-bond acceptors (Lipinski definition) is 2. The van der Waals surface area contributed by atoms with Crippen molar-refractivity contribution in [2.45, 2.75) is 12.5 Å². The number of aromatic nitrogens is 1. The predicted octanol–water partition coefficient (Wildman–Crippen LogP) is 0.363. The van der Waals surface area contributed by atoms with Gasteiger partial charge in [-0.05, 0) is 29.9 Å². The Morgan fingerprint density at radius 2 is 2.16 bits per heavy atom. The van der Waals surface area contributed by atoms with Gasteiger partial charge in [0.15, 0.2) is 0 Å². The lowest BCUT2D eigenvalue weighted by Crippen LogP contribution is -2.41.